The summed E-state index contributed by atoms with van der Waals surface area (Å²) in [5, 5.41) is 9.03. The maximum Gasteiger partial charge on any atom is 0.310 e. The summed E-state index contributed by atoms with van der Waals surface area (Å²) in [5.74, 6) is -0.380. The predicted octanol–water partition coefficient (Wildman–Crippen LogP) is 4.48. The van der Waals surface area contributed by atoms with Crippen molar-refractivity contribution < 1.29 is 14.3 Å². The van der Waals surface area contributed by atoms with Crippen molar-refractivity contribution in [3.63, 3.8) is 0 Å². The fourth-order valence-corrected chi connectivity index (χ4v) is 2.76. The van der Waals surface area contributed by atoms with Gasteiger partial charge in [0.15, 0.2) is 0 Å². The Morgan fingerprint density at radius 2 is 1.65 bits per heavy atom. The maximum atomic E-state index is 11.0. The summed E-state index contributed by atoms with van der Waals surface area (Å²) < 4.78 is 6.14. The number of carbonyl (C=O) groups is 1. The van der Waals surface area contributed by atoms with Crippen molar-refractivity contribution in [3.8, 4) is 0 Å². The molecule has 1 rings (SSSR count). The van der Waals surface area contributed by atoms with Crippen LogP contribution in [-0.2, 0) is 9.22 Å². The quantitative estimate of drug-likeness (QED) is 0.643. The van der Waals surface area contributed by atoms with E-state index in [4.69, 9.17) is 9.53 Å². The minimum absolute atomic E-state index is 0.489. The molecule has 0 aromatic heterocycles. The van der Waals surface area contributed by atoms with E-state index >= 15 is 0 Å². The average Bonchev–Trinajstić information content (AvgIpc) is 2.34. The SMILES string of the molecule is CC(C)=C(O[Si](C)(C)C)c1ccc(C(C)C(=O)O)cc1. The van der Waals surface area contributed by atoms with Crippen molar-refractivity contribution in [1.29, 1.82) is 0 Å². The third kappa shape index (κ3) is 4.53. The van der Waals surface area contributed by atoms with Crippen LogP contribution in [0.2, 0.25) is 19.6 Å². The largest absolute Gasteiger partial charge is 0.544 e. The molecule has 110 valence electrons. The van der Waals surface area contributed by atoms with E-state index in [1.165, 1.54) is 0 Å². The molecule has 1 atom stereocenters. The molecular weight excluding hydrogens is 268 g/mol. The molecule has 1 aromatic carbocycles. The Morgan fingerprint density at radius 1 is 1.15 bits per heavy atom. The minimum atomic E-state index is -1.67. The second-order valence-electron chi connectivity index (χ2n) is 6.23. The van der Waals surface area contributed by atoms with Gasteiger partial charge >= 0.3 is 5.97 Å². The van der Waals surface area contributed by atoms with Gasteiger partial charge < -0.3 is 9.53 Å². The van der Waals surface area contributed by atoms with Gasteiger partial charge in [0, 0.05) is 5.56 Å². The van der Waals surface area contributed by atoms with E-state index in [1.54, 1.807) is 6.92 Å². The summed E-state index contributed by atoms with van der Waals surface area (Å²) in [7, 11) is -1.67. The zero-order chi connectivity index (χ0) is 15.5. The Hall–Kier alpha value is -1.55. The summed E-state index contributed by atoms with van der Waals surface area (Å²) in [5.41, 5.74) is 2.95. The Bertz CT molecular complexity index is 506. The Labute approximate surface area is 122 Å². The molecule has 1 aromatic rings. The van der Waals surface area contributed by atoms with Gasteiger partial charge in [0.2, 0.25) is 8.32 Å². The maximum absolute atomic E-state index is 11.0. The summed E-state index contributed by atoms with van der Waals surface area (Å²) in [6.45, 7) is 12.2. The van der Waals surface area contributed by atoms with Crippen molar-refractivity contribution >= 4 is 20.0 Å². The van der Waals surface area contributed by atoms with Crippen LogP contribution in [0.25, 0.3) is 5.76 Å². The first-order valence-corrected chi connectivity index (χ1v) is 10.2. The third-order valence-electron chi connectivity index (χ3n) is 2.91. The molecule has 20 heavy (non-hydrogen) atoms. The van der Waals surface area contributed by atoms with E-state index in [0.29, 0.717) is 0 Å². The Morgan fingerprint density at radius 3 is 2.00 bits per heavy atom. The van der Waals surface area contributed by atoms with E-state index in [9.17, 15) is 4.79 Å². The topological polar surface area (TPSA) is 46.5 Å². The second kappa shape index (κ2) is 6.26. The van der Waals surface area contributed by atoms with Gasteiger partial charge in [-0.2, -0.15) is 0 Å². The first-order valence-electron chi connectivity index (χ1n) is 6.81. The lowest BCUT2D eigenvalue weighted by atomic mass is 9.99. The lowest BCUT2D eigenvalue weighted by molar-refractivity contribution is -0.138. The molecular formula is C16H24O3Si. The molecule has 0 aliphatic heterocycles. The average molecular weight is 292 g/mol. The fraction of sp³-hybridized carbons (Fsp3) is 0.438. The van der Waals surface area contributed by atoms with Crippen molar-refractivity contribution in [2.75, 3.05) is 0 Å². The monoisotopic (exact) mass is 292 g/mol. The van der Waals surface area contributed by atoms with Crippen LogP contribution in [0, 0.1) is 0 Å². The summed E-state index contributed by atoms with van der Waals surface area (Å²) in [6, 6.07) is 7.61. The highest BCUT2D eigenvalue weighted by atomic mass is 28.4. The van der Waals surface area contributed by atoms with E-state index in [2.05, 4.69) is 19.6 Å². The highest BCUT2D eigenvalue weighted by Crippen LogP contribution is 2.26. The molecule has 0 heterocycles. The Balaban J connectivity index is 3.07. The summed E-state index contributed by atoms with van der Waals surface area (Å²) in [4.78, 5) is 11.0. The van der Waals surface area contributed by atoms with E-state index in [-0.39, 0.29) is 0 Å². The van der Waals surface area contributed by atoms with Gasteiger partial charge in [0.25, 0.3) is 0 Å². The van der Waals surface area contributed by atoms with Gasteiger partial charge in [0.05, 0.1) is 5.92 Å². The fourth-order valence-electron chi connectivity index (χ4n) is 1.82. The van der Waals surface area contributed by atoms with Gasteiger partial charge in [-0.15, -0.1) is 0 Å². The molecule has 0 spiro atoms. The van der Waals surface area contributed by atoms with Crippen LogP contribution in [0.4, 0.5) is 0 Å². The number of carboxylic acids is 1. The standard InChI is InChI=1S/C16H24O3Si/c1-11(2)15(19-20(4,5)6)14-9-7-13(8-10-14)12(3)16(17)18/h7-10,12H,1-6H3,(H,17,18). The predicted molar refractivity (Wildman–Crippen MR) is 85.2 cm³/mol. The minimum Gasteiger partial charge on any atom is -0.544 e. The van der Waals surface area contributed by atoms with Crippen molar-refractivity contribution in [2.45, 2.75) is 46.3 Å². The third-order valence-corrected chi connectivity index (χ3v) is 3.72. The lowest BCUT2D eigenvalue weighted by Crippen LogP contribution is -2.24. The molecule has 0 radical (unpaired) electrons. The first-order chi connectivity index (χ1) is 9.11. The molecule has 4 heteroatoms. The number of carboxylic acid groups (broad SMARTS) is 1. The van der Waals surface area contributed by atoms with Crippen LogP contribution in [0.3, 0.4) is 0 Å². The van der Waals surface area contributed by atoms with Gasteiger partial charge in [0.1, 0.15) is 5.76 Å². The molecule has 0 fully saturated rings. The summed E-state index contributed by atoms with van der Waals surface area (Å²) in [6.07, 6.45) is 0. The number of rotatable bonds is 5. The van der Waals surface area contributed by atoms with Gasteiger partial charge in [-0.25, -0.2) is 0 Å². The normalized spacial score (nSPS) is 12.7. The molecule has 0 bridgehead atoms. The second-order valence-corrected chi connectivity index (χ2v) is 10.7. The molecule has 0 aliphatic rings. The molecule has 0 saturated carbocycles. The molecule has 3 nitrogen and oxygen atoms in total. The lowest BCUT2D eigenvalue weighted by Gasteiger charge is -2.23. The van der Waals surface area contributed by atoms with Crippen LogP contribution < -0.4 is 0 Å². The van der Waals surface area contributed by atoms with E-state index in [0.717, 1.165) is 22.5 Å². The number of benzene rings is 1. The number of hydrogen-bond acceptors (Lipinski definition) is 2. The first kappa shape index (κ1) is 16.5. The van der Waals surface area contributed by atoms with Gasteiger partial charge in [-0.05, 0) is 51.5 Å². The number of hydrogen-bond donors (Lipinski definition) is 1. The van der Waals surface area contributed by atoms with E-state index in [1.807, 2.05) is 38.1 Å². The zero-order valence-electron chi connectivity index (χ0n) is 13.2. The highest BCUT2D eigenvalue weighted by Gasteiger charge is 2.20. The van der Waals surface area contributed by atoms with Crippen LogP contribution in [-0.4, -0.2) is 19.4 Å². The molecule has 1 N–H and O–H groups in total. The Kier molecular flexibility index (Phi) is 5.17. The van der Waals surface area contributed by atoms with Crippen LogP contribution in [0.1, 0.15) is 37.8 Å². The molecule has 0 saturated heterocycles. The van der Waals surface area contributed by atoms with Crippen LogP contribution >= 0.6 is 0 Å². The van der Waals surface area contributed by atoms with Crippen molar-refractivity contribution in [3.05, 3.63) is 41.0 Å². The number of allylic oxidation sites excluding steroid dienone is 1. The molecule has 0 aliphatic carbocycles. The number of aliphatic carboxylic acids is 1. The van der Waals surface area contributed by atoms with Crippen LogP contribution in [0.15, 0.2) is 29.8 Å². The molecule has 1 unspecified atom stereocenters. The van der Waals surface area contributed by atoms with Gasteiger partial charge in [-0.3, -0.25) is 4.79 Å². The zero-order valence-corrected chi connectivity index (χ0v) is 14.2. The molecule has 0 amide bonds. The van der Waals surface area contributed by atoms with E-state index < -0.39 is 20.2 Å². The van der Waals surface area contributed by atoms with Crippen molar-refractivity contribution in [1.82, 2.24) is 0 Å². The van der Waals surface area contributed by atoms with Crippen molar-refractivity contribution in [2.24, 2.45) is 0 Å². The van der Waals surface area contributed by atoms with Gasteiger partial charge in [-0.1, -0.05) is 24.3 Å². The van der Waals surface area contributed by atoms with Crippen LogP contribution in [0.5, 0.6) is 0 Å². The smallest absolute Gasteiger partial charge is 0.310 e. The highest BCUT2D eigenvalue weighted by molar-refractivity contribution is 6.70. The summed E-state index contributed by atoms with van der Waals surface area (Å²) >= 11 is 0.